The summed E-state index contributed by atoms with van der Waals surface area (Å²) in [6.45, 7) is 1.84. The first-order valence-corrected chi connectivity index (χ1v) is 5.77. The van der Waals surface area contributed by atoms with Gasteiger partial charge in [0.25, 0.3) is 0 Å². The normalized spacial score (nSPS) is 10.3. The van der Waals surface area contributed by atoms with Crippen LogP contribution in [0.15, 0.2) is 36.4 Å². The molecule has 0 atom stereocenters. The lowest BCUT2D eigenvalue weighted by Crippen LogP contribution is -2.06. The minimum atomic E-state index is -0.484. The molecule has 0 bridgehead atoms. The first kappa shape index (κ1) is 13.1. The highest BCUT2D eigenvalue weighted by atomic mass is 19.1. The van der Waals surface area contributed by atoms with Gasteiger partial charge in [-0.1, -0.05) is 0 Å². The Morgan fingerprint density at radius 1 is 1.21 bits per heavy atom. The number of methoxy groups -OCH3 is 1. The Morgan fingerprint density at radius 3 is 2.58 bits per heavy atom. The molecule has 0 aliphatic heterocycles. The first-order valence-electron chi connectivity index (χ1n) is 5.77. The summed E-state index contributed by atoms with van der Waals surface area (Å²) in [6.07, 6.45) is 0. The van der Waals surface area contributed by atoms with Crippen LogP contribution in [0.4, 0.5) is 10.1 Å². The van der Waals surface area contributed by atoms with Gasteiger partial charge in [-0.15, -0.1) is 0 Å². The summed E-state index contributed by atoms with van der Waals surface area (Å²) < 4.78 is 18.3. The Morgan fingerprint density at radius 2 is 1.95 bits per heavy atom. The Labute approximate surface area is 110 Å². The van der Waals surface area contributed by atoms with Gasteiger partial charge in [0, 0.05) is 16.8 Å². The van der Waals surface area contributed by atoms with Gasteiger partial charge in [-0.25, -0.2) is 4.39 Å². The molecule has 0 aromatic heterocycles. The summed E-state index contributed by atoms with van der Waals surface area (Å²) in [5.41, 5.74) is 7.43. The molecule has 0 fully saturated rings. The molecule has 2 aromatic carbocycles. The van der Waals surface area contributed by atoms with E-state index >= 15 is 0 Å². The zero-order valence-electron chi connectivity index (χ0n) is 10.7. The topological polar surface area (TPSA) is 52.3 Å². The Balaban J connectivity index is 2.44. The highest BCUT2D eigenvalue weighted by Gasteiger charge is 2.14. The van der Waals surface area contributed by atoms with E-state index in [1.807, 2.05) is 6.92 Å². The van der Waals surface area contributed by atoms with Crippen molar-refractivity contribution in [3.63, 3.8) is 0 Å². The van der Waals surface area contributed by atoms with Crippen LogP contribution in [-0.4, -0.2) is 12.9 Å². The standard InChI is InChI=1S/C15H14FNO2/c1-9-7-10(3-6-14(9)19-2)15(18)12-8-11(16)4-5-13(12)17/h3-8H,17H2,1-2H3. The molecule has 3 nitrogen and oxygen atoms in total. The number of ether oxygens (including phenoxy) is 1. The fraction of sp³-hybridized carbons (Fsp3) is 0.133. The zero-order chi connectivity index (χ0) is 14.0. The number of aryl methyl sites for hydroxylation is 1. The van der Waals surface area contributed by atoms with E-state index in [0.717, 1.165) is 11.6 Å². The van der Waals surface area contributed by atoms with Gasteiger partial charge in [-0.05, 0) is 48.9 Å². The average molecular weight is 259 g/mol. The number of nitrogen functional groups attached to an aromatic ring is 1. The van der Waals surface area contributed by atoms with E-state index in [1.165, 1.54) is 12.1 Å². The highest BCUT2D eigenvalue weighted by molar-refractivity contribution is 6.12. The molecule has 98 valence electrons. The second-order valence-electron chi connectivity index (χ2n) is 4.25. The van der Waals surface area contributed by atoms with Gasteiger partial charge in [-0.2, -0.15) is 0 Å². The van der Waals surface area contributed by atoms with Crippen molar-refractivity contribution in [3.8, 4) is 5.75 Å². The second-order valence-corrected chi connectivity index (χ2v) is 4.25. The number of nitrogens with two attached hydrogens (primary N) is 1. The zero-order valence-corrected chi connectivity index (χ0v) is 10.7. The van der Waals surface area contributed by atoms with Crippen LogP contribution in [0.25, 0.3) is 0 Å². The molecule has 0 saturated heterocycles. The number of anilines is 1. The van der Waals surface area contributed by atoms with Crippen molar-refractivity contribution in [2.45, 2.75) is 6.92 Å². The van der Waals surface area contributed by atoms with Crippen molar-refractivity contribution in [3.05, 3.63) is 58.9 Å². The van der Waals surface area contributed by atoms with Gasteiger partial charge in [0.15, 0.2) is 5.78 Å². The molecule has 0 radical (unpaired) electrons. The van der Waals surface area contributed by atoms with Gasteiger partial charge >= 0.3 is 0 Å². The lowest BCUT2D eigenvalue weighted by molar-refractivity contribution is 0.103. The van der Waals surface area contributed by atoms with E-state index in [9.17, 15) is 9.18 Å². The predicted molar refractivity (Wildman–Crippen MR) is 72.0 cm³/mol. The number of halogens is 1. The van der Waals surface area contributed by atoms with E-state index in [2.05, 4.69) is 0 Å². The first-order chi connectivity index (χ1) is 9.02. The molecule has 4 heteroatoms. The maximum atomic E-state index is 13.2. The third-order valence-electron chi connectivity index (χ3n) is 2.92. The minimum absolute atomic E-state index is 0.171. The lowest BCUT2D eigenvalue weighted by atomic mass is 10.00. The van der Waals surface area contributed by atoms with E-state index in [-0.39, 0.29) is 17.0 Å². The van der Waals surface area contributed by atoms with Crippen LogP contribution in [0.5, 0.6) is 5.75 Å². The lowest BCUT2D eigenvalue weighted by Gasteiger charge is -2.08. The number of hydrogen-bond acceptors (Lipinski definition) is 3. The van der Waals surface area contributed by atoms with Crippen molar-refractivity contribution in [1.82, 2.24) is 0 Å². The third-order valence-corrected chi connectivity index (χ3v) is 2.92. The summed E-state index contributed by atoms with van der Waals surface area (Å²) in [7, 11) is 1.56. The number of ketones is 1. The van der Waals surface area contributed by atoms with Crippen molar-refractivity contribution in [2.75, 3.05) is 12.8 Å². The van der Waals surface area contributed by atoms with Crippen LogP contribution in [0.3, 0.4) is 0 Å². The maximum absolute atomic E-state index is 13.2. The molecule has 0 spiro atoms. The molecule has 0 heterocycles. The van der Waals surface area contributed by atoms with Crippen molar-refractivity contribution < 1.29 is 13.9 Å². The summed E-state index contributed by atoms with van der Waals surface area (Å²) in [5.74, 6) is -0.0886. The minimum Gasteiger partial charge on any atom is -0.496 e. The van der Waals surface area contributed by atoms with Crippen LogP contribution >= 0.6 is 0 Å². The smallest absolute Gasteiger partial charge is 0.195 e. The van der Waals surface area contributed by atoms with E-state index < -0.39 is 5.82 Å². The number of rotatable bonds is 3. The van der Waals surface area contributed by atoms with Crippen LogP contribution < -0.4 is 10.5 Å². The number of hydrogen-bond donors (Lipinski definition) is 1. The quantitative estimate of drug-likeness (QED) is 0.681. The molecule has 19 heavy (non-hydrogen) atoms. The molecule has 2 rings (SSSR count). The van der Waals surface area contributed by atoms with Crippen LogP contribution in [0.2, 0.25) is 0 Å². The monoisotopic (exact) mass is 259 g/mol. The average Bonchev–Trinajstić information content (AvgIpc) is 2.40. The molecule has 2 aromatic rings. The Bertz CT molecular complexity index is 638. The van der Waals surface area contributed by atoms with E-state index in [1.54, 1.807) is 25.3 Å². The predicted octanol–water partition coefficient (Wildman–Crippen LogP) is 2.96. The Hall–Kier alpha value is -2.36. The molecule has 0 saturated carbocycles. The van der Waals surface area contributed by atoms with Crippen molar-refractivity contribution in [1.29, 1.82) is 0 Å². The van der Waals surface area contributed by atoms with Gasteiger partial charge in [0.2, 0.25) is 0 Å². The molecule has 0 aliphatic carbocycles. The van der Waals surface area contributed by atoms with Gasteiger partial charge in [-0.3, -0.25) is 4.79 Å². The maximum Gasteiger partial charge on any atom is 0.195 e. The van der Waals surface area contributed by atoms with Crippen LogP contribution in [0, 0.1) is 12.7 Å². The number of carbonyl (C=O) groups excluding carboxylic acids is 1. The van der Waals surface area contributed by atoms with Crippen LogP contribution in [0.1, 0.15) is 21.5 Å². The van der Waals surface area contributed by atoms with Crippen molar-refractivity contribution >= 4 is 11.5 Å². The number of carbonyl (C=O) groups is 1. The van der Waals surface area contributed by atoms with E-state index in [4.69, 9.17) is 10.5 Å². The highest BCUT2D eigenvalue weighted by Crippen LogP contribution is 2.22. The molecule has 2 N–H and O–H groups in total. The number of benzene rings is 2. The summed E-state index contributed by atoms with van der Waals surface area (Å²) in [6, 6.07) is 8.81. The van der Waals surface area contributed by atoms with Crippen molar-refractivity contribution in [2.24, 2.45) is 0 Å². The summed E-state index contributed by atoms with van der Waals surface area (Å²) in [5, 5.41) is 0. The molecular formula is C15H14FNO2. The summed E-state index contributed by atoms with van der Waals surface area (Å²) >= 11 is 0. The molecular weight excluding hydrogens is 245 g/mol. The third kappa shape index (κ3) is 2.57. The largest absolute Gasteiger partial charge is 0.496 e. The Kier molecular flexibility index (Phi) is 3.51. The van der Waals surface area contributed by atoms with E-state index in [0.29, 0.717) is 11.3 Å². The fourth-order valence-corrected chi connectivity index (χ4v) is 1.90. The molecule has 0 amide bonds. The molecule has 0 aliphatic rings. The summed E-state index contributed by atoms with van der Waals surface area (Å²) in [4.78, 5) is 12.3. The molecule has 0 unspecified atom stereocenters. The fourth-order valence-electron chi connectivity index (χ4n) is 1.90. The van der Waals surface area contributed by atoms with Gasteiger partial charge in [0.1, 0.15) is 11.6 Å². The second kappa shape index (κ2) is 5.10. The van der Waals surface area contributed by atoms with Crippen LogP contribution in [-0.2, 0) is 0 Å². The SMILES string of the molecule is COc1ccc(C(=O)c2cc(F)ccc2N)cc1C. The van der Waals surface area contributed by atoms with Gasteiger partial charge in [0.05, 0.1) is 7.11 Å². The van der Waals surface area contributed by atoms with Gasteiger partial charge < -0.3 is 10.5 Å².